The summed E-state index contributed by atoms with van der Waals surface area (Å²) in [6, 6.07) is 13.4. The zero-order valence-corrected chi connectivity index (χ0v) is 14.0. The number of hydrogen-bond donors (Lipinski definition) is 1. The summed E-state index contributed by atoms with van der Waals surface area (Å²) in [6.45, 7) is 1.93. The molecule has 0 aromatic heterocycles. The van der Waals surface area contributed by atoms with Crippen LogP contribution in [0, 0.1) is 6.92 Å². The summed E-state index contributed by atoms with van der Waals surface area (Å²) >= 11 is 5.91. The zero-order chi connectivity index (χ0) is 17.4. The molecule has 1 aliphatic heterocycles. The molecule has 122 valence electrons. The summed E-state index contributed by atoms with van der Waals surface area (Å²) in [6.07, 6.45) is 0. The third-order valence-corrected chi connectivity index (χ3v) is 4.44. The number of benzene rings is 2. The normalized spacial score (nSPS) is 19.8. The highest BCUT2D eigenvalue weighted by molar-refractivity contribution is 6.46. The van der Waals surface area contributed by atoms with Gasteiger partial charge in [-0.05, 0) is 24.6 Å². The van der Waals surface area contributed by atoms with Crippen LogP contribution in [-0.4, -0.2) is 28.7 Å². The summed E-state index contributed by atoms with van der Waals surface area (Å²) in [5.74, 6) is -1.49. The maximum atomic E-state index is 12.4. The monoisotopic (exact) mass is 341 g/mol. The smallest absolute Gasteiger partial charge is 0.295 e. The van der Waals surface area contributed by atoms with Gasteiger partial charge >= 0.3 is 0 Å². The Balaban J connectivity index is 2.16. The Labute approximate surface area is 145 Å². The van der Waals surface area contributed by atoms with E-state index in [1.54, 1.807) is 43.4 Å². The molecule has 0 bridgehead atoms. The summed E-state index contributed by atoms with van der Waals surface area (Å²) in [5.41, 5.74) is 2.35. The minimum absolute atomic E-state index is 0.0914. The molecular formula is C19H16ClNO3. The summed E-state index contributed by atoms with van der Waals surface area (Å²) in [5, 5.41) is 11.2. The molecule has 0 saturated carbocycles. The Kier molecular flexibility index (Phi) is 4.16. The van der Waals surface area contributed by atoms with Gasteiger partial charge < -0.3 is 10.0 Å². The number of hydrogen-bond acceptors (Lipinski definition) is 3. The number of ketones is 1. The molecule has 1 saturated heterocycles. The van der Waals surface area contributed by atoms with Crippen molar-refractivity contribution in [1.29, 1.82) is 0 Å². The fourth-order valence-electron chi connectivity index (χ4n) is 2.85. The highest BCUT2D eigenvalue weighted by Crippen LogP contribution is 2.38. The maximum absolute atomic E-state index is 12.4. The van der Waals surface area contributed by atoms with E-state index in [1.807, 2.05) is 19.1 Å². The molecule has 0 aliphatic carbocycles. The molecule has 2 aromatic rings. The van der Waals surface area contributed by atoms with Crippen LogP contribution in [0.5, 0.6) is 0 Å². The lowest BCUT2D eigenvalue weighted by atomic mass is 9.95. The third-order valence-electron chi connectivity index (χ3n) is 4.19. The van der Waals surface area contributed by atoms with Crippen molar-refractivity contribution in [2.24, 2.45) is 0 Å². The van der Waals surface area contributed by atoms with Crippen LogP contribution in [0.4, 0.5) is 0 Å². The Morgan fingerprint density at radius 2 is 1.62 bits per heavy atom. The number of carbonyl (C=O) groups excluding carboxylic acids is 2. The third kappa shape index (κ3) is 2.69. The first-order valence-electron chi connectivity index (χ1n) is 7.47. The number of nitrogens with zero attached hydrogens (tertiary/aromatic N) is 1. The minimum atomic E-state index is -0.685. The van der Waals surface area contributed by atoms with E-state index in [-0.39, 0.29) is 11.3 Å². The second-order valence-corrected chi connectivity index (χ2v) is 6.26. The molecule has 0 radical (unpaired) electrons. The number of aliphatic hydroxyl groups excluding tert-OH is 1. The van der Waals surface area contributed by atoms with Crippen molar-refractivity contribution in [2.75, 3.05) is 7.05 Å². The molecule has 1 aliphatic rings. The number of amides is 1. The first kappa shape index (κ1) is 16.3. The fourth-order valence-corrected chi connectivity index (χ4v) is 2.98. The number of likely N-dealkylation sites (N-methyl/N-ethyl adjacent to an activating group) is 1. The highest BCUT2D eigenvalue weighted by atomic mass is 35.5. The first-order chi connectivity index (χ1) is 11.4. The number of Topliss-reactive ketones (excluding diaryl/α,β-unsaturated/α-hetero) is 1. The summed E-state index contributed by atoms with van der Waals surface area (Å²) < 4.78 is 0. The molecule has 4 nitrogen and oxygen atoms in total. The molecule has 24 heavy (non-hydrogen) atoms. The Hall–Kier alpha value is -2.59. The first-order valence-corrected chi connectivity index (χ1v) is 7.85. The molecule has 2 aromatic carbocycles. The topological polar surface area (TPSA) is 57.6 Å². The number of rotatable bonds is 2. The van der Waals surface area contributed by atoms with Crippen LogP contribution in [-0.2, 0) is 9.59 Å². The van der Waals surface area contributed by atoms with Gasteiger partial charge in [0, 0.05) is 17.6 Å². The van der Waals surface area contributed by atoms with E-state index in [0.717, 1.165) is 11.1 Å². The molecule has 1 unspecified atom stereocenters. The lowest BCUT2D eigenvalue weighted by Crippen LogP contribution is -2.24. The van der Waals surface area contributed by atoms with Crippen LogP contribution in [0.25, 0.3) is 5.76 Å². The molecule has 0 spiro atoms. The molecule has 1 amide bonds. The van der Waals surface area contributed by atoms with E-state index < -0.39 is 17.7 Å². The molecule has 1 N–H and O–H groups in total. The zero-order valence-electron chi connectivity index (χ0n) is 13.3. The molecule has 1 heterocycles. The number of carbonyl (C=O) groups is 2. The minimum Gasteiger partial charge on any atom is -0.507 e. The lowest BCUT2D eigenvalue weighted by Gasteiger charge is -2.21. The second-order valence-electron chi connectivity index (χ2n) is 5.83. The molecule has 5 heteroatoms. The van der Waals surface area contributed by atoms with Crippen molar-refractivity contribution in [3.05, 3.63) is 75.8 Å². The molecule has 1 fully saturated rings. The van der Waals surface area contributed by atoms with Gasteiger partial charge in [0.25, 0.3) is 11.7 Å². The average molecular weight is 342 g/mol. The summed E-state index contributed by atoms with van der Waals surface area (Å²) in [4.78, 5) is 25.9. The number of likely N-dealkylation sites (tertiary alicyclic amines) is 1. The van der Waals surface area contributed by atoms with Crippen LogP contribution in [0.3, 0.4) is 0 Å². The van der Waals surface area contributed by atoms with Crippen molar-refractivity contribution in [3.63, 3.8) is 0 Å². The Morgan fingerprint density at radius 1 is 1.04 bits per heavy atom. The molecule has 1 atom stereocenters. The van der Waals surface area contributed by atoms with Crippen LogP contribution in [0.15, 0.2) is 54.1 Å². The van der Waals surface area contributed by atoms with Crippen molar-refractivity contribution in [2.45, 2.75) is 13.0 Å². The number of halogens is 1. The van der Waals surface area contributed by atoms with Gasteiger partial charge in [-0.25, -0.2) is 0 Å². The number of aliphatic hydroxyl groups is 1. The van der Waals surface area contributed by atoms with E-state index in [4.69, 9.17) is 11.6 Å². The van der Waals surface area contributed by atoms with E-state index in [2.05, 4.69) is 0 Å². The van der Waals surface area contributed by atoms with Gasteiger partial charge in [-0.3, -0.25) is 9.59 Å². The van der Waals surface area contributed by atoms with Gasteiger partial charge in [0.1, 0.15) is 5.76 Å². The van der Waals surface area contributed by atoms with E-state index >= 15 is 0 Å². The standard InChI is InChI=1S/C19H16ClNO3/c1-11-3-5-13(6-4-11)17(22)15-16(21(2)19(24)18(15)23)12-7-9-14(20)10-8-12/h3-10,16,22H,1-2H3/b17-15-. The van der Waals surface area contributed by atoms with Gasteiger partial charge in [0.2, 0.25) is 0 Å². The van der Waals surface area contributed by atoms with Gasteiger partial charge in [-0.2, -0.15) is 0 Å². The SMILES string of the molecule is Cc1ccc(/C(O)=C2/C(=O)C(=O)N(C)C2c2ccc(Cl)cc2)cc1. The predicted octanol–water partition coefficient (Wildman–Crippen LogP) is 3.70. The largest absolute Gasteiger partial charge is 0.507 e. The quantitative estimate of drug-likeness (QED) is 0.515. The van der Waals surface area contributed by atoms with Gasteiger partial charge in [-0.1, -0.05) is 53.6 Å². The van der Waals surface area contributed by atoms with Crippen LogP contribution in [0.2, 0.25) is 5.02 Å². The van der Waals surface area contributed by atoms with Gasteiger partial charge in [-0.15, -0.1) is 0 Å². The van der Waals surface area contributed by atoms with Crippen molar-refractivity contribution < 1.29 is 14.7 Å². The number of aryl methyl sites for hydroxylation is 1. The molecule has 3 rings (SSSR count). The van der Waals surface area contributed by atoms with Gasteiger partial charge in [0.05, 0.1) is 11.6 Å². The second kappa shape index (κ2) is 6.13. The van der Waals surface area contributed by atoms with E-state index in [9.17, 15) is 14.7 Å². The van der Waals surface area contributed by atoms with Crippen LogP contribution in [0.1, 0.15) is 22.7 Å². The lowest BCUT2D eigenvalue weighted by molar-refractivity contribution is -0.139. The average Bonchev–Trinajstić information content (AvgIpc) is 2.80. The predicted molar refractivity (Wildman–Crippen MR) is 92.7 cm³/mol. The Morgan fingerprint density at radius 3 is 2.21 bits per heavy atom. The summed E-state index contributed by atoms with van der Waals surface area (Å²) in [7, 11) is 1.55. The Bertz CT molecular complexity index is 838. The van der Waals surface area contributed by atoms with Crippen molar-refractivity contribution in [1.82, 2.24) is 4.90 Å². The highest BCUT2D eigenvalue weighted by Gasteiger charge is 2.44. The van der Waals surface area contributed by atoms with Crippen LogP contribution >= 0.6 is 11.6 Å². The fraction of sp³-hybridized carbons (Fsp3) is 0.158. The van der Waals surface area contributed by atoms with Crippen molar-refractivity contribution >= 4 is 29.1 Å². The maximum Gasteiger partial charge on any atom is 0.295 e. The van der Waals surface area contributed by atoms with E-state index in [1.165, 1.54) is 4.90 Å². The molecular weight excluding hydrogens is 326 g/mol. The van der Waals surface area contributed by atoms with E-state index in [0.29, 0.717) is 10.6 Å². The van der Waals surface area contributed by atoms with Crippen LogP contribution < -0.4 is 0 Å². The van der Waals surface area contributed by atoms with Crippen molar-refractivity contribution in [3.8, 4) is 0 Å². The van der Waals surface area contributed by atoms with Gasteiger partial charge in [0.15, 0.2) is 0 Å².